The molecule has 0 bridgehead atoms. The number of rotatable bonds is 11. The highest BCUT2D eigenvalue weighted by Gasteiger charge is 2.64. The molecule has 2 fully saturated rings. The molecule has 4 aromatic rings. The number of hydrogen-bond acceptors (Lipinski definition) is 9. The number of aliphatic hydroxyl groups excluding tert-OH is 1. The van der Waals surface area contributed by atoms with E-state index >= 15 is 0 Å². The summed E-state index contributed by atoms with van der Waals surface area (Å²) >= 11 is 0. The Kier molecular flexibility index (Phi) is 7.87. The summed E-state index contributed by atoms with van der Waals surface area (Å²) in [6, 6.07) is 17.4. The van der Waals surface area contributed by atoms with E-state index < -0.39 is 54.6 Å². The van der Waals surface area contributed by atoms with Crippen molar-refractivity contribution in [3.63, 3.8) is 0 Å². The lowest BCUT2D eigenvalue weighted by molar-refractivity contribution is -0.148. The van der Waals surface area contributed by atoms with E-state index in [-0.39, 0.29) is 25.1 Å². The third kappa shape index (κ3) is 6.09. The van der Waals surface area contributed by atoms with Crippen LogP contribution in [0.25, 0.3) is 10.9 Å². The van der Waals surface area contributed by atoms with Crippen LogP contribution in [0.4, 0.5) is 0 Å². The van der Waals surface area contributed by atoms with Crippen molar-refractivity contribution in [1.82, 2.24) is 14.5 Å². The molecule has 0 radical (unpaired) electrons. The molecule has 5 atom stereocenters. The van der Waals surface area contributed by atoms with Gasteiger partial charge >= 0.3 is 19.3 Å². The maximum Gasteiger partial charge on any atom is 0.380 e. The van der Waals surface area contributed by atoms with Crippen LogP contribution in [0.5, 0.6) is 5.75 Å². The number of carbonyl (C=O) groups excluding carboxylic acids is 1. The molecule has 1 saturated heterocycles. The number of aliphatic hydroxyl groups is 1. The van der Waals surface area contributed by atoms with Crippen molar-refractivity contribution < 1.29 is 33.0 Å². The number of aromatic nitrogens is 3. The maximum atomic E-state index is 14.2. The molecule has 13 heteroatoms. The molecule has 43 heavy (non-hydrogen) atoms. The van der Waals surface area contributed by atoms with Gasteiger partial charge in [0.05, 0.1) is 24.8 Å². The molecule has 1 saturated carbocycles. The van der Waals surface area contributed by atoms with E-state index in [4.69, 9.17) is 18.5 Å². The Morgan fingerprint density at radius 3 is 2.70 bits per heavy atom. The van der Waals surface area contributed by atoms with Gasteiger partial charge in [-0.1, -0.05) is 37.3 Å². The second-order valence-electron chi connectivity index (χ2n) is 11.1. The molecule has 0 amide bonds. The van der Waals surface area contributed by atoms with Gasteiger partial charge in [0.2, 0.25) is 0 Å². The minimum atomic E-state index is -4.03. The number of esters is 1. The Morgan fingerprint density at radius 2 is 1.95 bits per heavy atom. The van der Waals surface area contributed by atoms with Crippen LogP contribution in [0.3, 0.4) is 0 Å². The van der Waals surface area contributed by atoms with Gasteiger partial charge in [0, 0.05) is 34.8 Å². The summed E-state index contributed by atoms with van der Waals surface area (Å²) in [5.41, 5.74) is -0.265. The van der Waals surface area contributed by atoms with Crippen LogP contribution < -0.4 is 15.8 Å². The van der Waals surface area contributed by atoms with Gasteiger partial charge in [-0.25, -0.2) is 9.36 Å². The first kappa shape index (κ1) is 29.1. The summed E-state index contributed by atoms with van der Waals surface area (Å²) in [5.74, 6) is -1.13. The molecule has 12 nitrogen and oxygen atoms in total. The van der Waals surface area contributed by atoms with Gasteiger partial charge in [-0.05, 0) is 42.7 Å². The Balaban J connectivity index is 1.19. The summed E-state index contributed by atoms with van der Waals surface area (Å²) in [4.78, 5) is 42.2. The predicted molar refractivity (Wildman–Crippen MR) is 156 cm³/mol. The number of ether oxygens (including phenoxy) is 2. The van der Waals surface area contributed by atoms with Crippen LogP contribution in [-0.4, -0.2) is 50.6 Å². The molecule has 2 aromatic heterocycles. The van der Waals surface area contributed by atoms with Gasteiger partial charge < -0.3 is 24.1 Å². The van der Waals surface area contributed by atoms with Crippen LogP contribution in [0.2, 0.25) is 0 Å². The number of nitrogens with one attached hydrogen (secondary N) is 2. The van der Waals surface area contributed by atoms with Crippen molar-refractivity contribution in [1.29, 1.82) is 0 Å². The van der Waals surface area contributed by atoms with E-state index in [1.165, 1.54) is 16.8 Å². The zero-order valence-corrected chi connectivity index (χ0v) is 24.3. The maximum absolute atomic E-state index is 14.2. The van der Waals surface area contributed by atoms with Crippen molar-refractivity contribution in [2.24, 2.45) is 11.3 Å². The van der Waals surface area contributed by atoms with Crippen molar-refractivity contribution in [2.45, 2.75) is 44.8 Å². The fourth-order valence-corrected chi connectivity index (χ4v) is 7.36. The number of carbonyl (C=O) groups is 1. The smallest absolute Gasteiger partial charge is 0.380 e. The van der Waals surface area contributed by atoms with Gasteiger partial charge in [0.15, 0.2) is 0 Å². The molecule has 6 rings (SSSR count). The SMILES string of the molecule is C[C@H](CP(=O)(OC[C@H]1O[C@@H](n2ccc(=O)[nH]c2=O)C2(CC2)[C@@H]1O)Oc1ccc2[nH]ccc2c1)C(=O)OCc1ccccc1. The first-order chi connectivity index (χ1) is 20.7. The summed E-state index contributed by atoms with van der Waals surface area (Å²) in [6.07, 6.45) is 1.17. The van der Waals surface area contributed by atoms with E-state index in [1.54, 1.807) is 31.3 Å². The number of fused-ring (bicyclic) bond motifs is 1. The number of hydrogen-bond donors (Lipinski definition) is 3. The Hall–Kier alpha value is -3.96. The summed E-state index contributed by atoms with van der Waals surface area (Å²) in [5, 5.41) is 12.0. The van der Waals surface area contributed by atoms with Crippen LogP contribution >= 0.6 is 7.60 Å². The Morgan fingerprint density at radius 1 is 1.16 bits per heavy atom. The van der Waals surface area contributed by atoms with Crippen LogP contribution in [-0.2, 0) is 30.0 Å². The molecule has 3 N–H and O–H groups in total. The molecule has 1 unspecified atom stereocenters. The second kappa shape index (κ2) is 11.6. The van der Waals surface area contributed by atoms with Gasteiger partial charge in [-0.15, -0.1) is 0 Å². The predicted octanol–water partition coefficient (Wildman–Crippen LogP) is 3.72. The Bertz CT molecular complexity index is 1780. The number of H-pyrrole nitrogens is 2. The van der Waals surface area contributed by atoms with E-state index in [0.717, 1.165) is 16.5 Å². The Labute approximate surface area is 246 Å². The quantitative estimate of drug-likeness (QED) is 0.170. The normalized spacial score (nSPS) is 22.7. The lowest BCUT2D eigenvalue weighted by Crippen LogP contribution is -2.35. The average molecular weight is 610 g/mol. The molecule has 1 aliphatic carbocycles. The first-order valence-corrected chi connectivity index (χ1v) is 15.7. The highest BCUT2D eigenvalue weighted by molar-refractivity contribution is 7.54. The summed E-state index contributed by atoms with van der Waals surface area (Å²) < 4.78 is 38.9. The molecule has 2 aliphatic rings. The molecule has 226 valence electrons. The van der Waals surface area contributed by atoms with Gasteiger partial charge in [-0.2, -0.15) is 0 Å². The zero-order chi connectivity index (χ0) is 30.2. The van der Waals surface area contributed by atoms with E-state index in [2.05, 4.69) is 9.97 Å². The number of aromatic amines is 2. The number of benzene rings is 2. The average Bonchev–Trinajstić information content (AvgIpc) is 3.58. The van der Waals surface area contributed by atoms with Gasteiger partial charge in [-0.3, -0.25) is 23.7 Å². The zero-order valence-electron chi connectivity index (χ0n) is 23.4. The first-order valence-electron chi connectivity index (χ1n) is 14.0. The van der Waals surface area contributed by atoms with Crippen molar-refractivity contribution in [3.8, 4) is 5.75 Å². The van der Waals surface area contributed by atoms with E-state index in [1.807, 2.05) is 36.4 Å². The lowest BCUT2D eigenvalue weighted by Gasteiger charge is -2.24. The van der Waals surface area contributed by atoms with Gasteiger partial charge in [0.25, 0.3) is 5.56 Å². The van der Waals surface area contributed by atoms with Crippen LogP contribution in [0, 0.1) is 11.3 Å². The van der Waals surface area contributed by atoms with E-state index in [9.17, 15) is 24.1 Å². The number of nitrogens with zero attached hydrogens (tertiary/aromatic N) is 1. The fourth-order valence-electron chi connectivity index (χ4n) is 5.50. The van der Waals surface area contributed by atoms with Crippen LogP contribution in [0.15, 0.2) is 82.6 Å². The fraction of sp³-hybridized carbons (Fsp3) is 0.367. The van der Waals surface area contributed by atoms with Crippen molar-refractivity contribution in [3.05, 3.63) is 99.5 Å². The third-order valence-electron chi connectivity index (χ3n) is 8.00. The monoisotopic (exact) mass is 609 g/mol. The topological polar surface area (TPSA) is 162 Å². The third-order valence-corrected chi connectivity index (χ3v) is 10.0. The second-order valence-corrected chi connectivity index (χ2v) is 13.2. The molecule has 1 spiro atoms. The molecule has 3 heterocycles. The van der Waals surface area contributed by atoms with Crippen molar-refractivity contribution in [2.75, 3.05) is 12.8 Å². The highest BCUT2D eigenvalue weighted by Crippen LogP contribution is 2.62. The largest absolute Gasteiger partial charge is 0.461 e. The summed E-state index contributed by atoms with van der Waals surface area (Å²) in [6.45, 7) is 1.32. The molecular weight excluding hydrogens is 577 g/mol. The lowest BCUT2D eigenvalue weighted by atomic mass is 9.96. The van der Waals surface area contributed by atoms with Gasteiger partial charge in [0.1, 0.15) is 24.7 Å². The molecule has 2 aromatic carbocycles. The van der Waals surface area contributed by atoms with E-state index in [0.29, 0.717) is 12.8 Å². The minimum absolute atomic E-state index is 0.0654. The standard InChI is InChI=1S/C30H32N3O9P/c1-19(27(36)39-16-20-5-3-2-4-6-20)18-43(38,42-22-7-8-23-21(15-22)9-13-31-23)40-17-24-26(35)30(11-12-30)28(41-24)33-14-10-25(34)32-29(33)37/h2-10,13-15,19,24,26,28,31,35H,11-12,16-18H2,1H3,(H,32,34,37)/t19-,24-,26-,28-,43?/m1/s1. The minimum Gasteiger partial charge on any atom is -0.461 e. The summed E-state index contributed by atoms with van der Waals surface area (Å²) in [7, 11) is -4.03. The van der Waals surface area contributed by atoms with Crippen molar-refractivity contribution >= 4 is 24.5 Å². The van der Waals surface area contributed by atoms with Crippen LogP contribution in [0.1, 0.15) is 31.6 Å². The molecule has 1 aliphatic heterocycles. The highest BCUT2D eigenvalue weighted by atomic mass is 31.2. The molecular formula is C30H32N3O9P.